The zero-order chi connectivity index (χ0) is 59.0. The van der Waals surface area contributed by atoms with E-state index in [4.69, 9.17) is 68.2 Å². The number of halogens is 2. The molecule has 0 spiro atoms. The molecule has 0 unspecified atom stereocenters. The second-order valence-corrected chi connectivity index (χ2v) is 23.9. The number of aliphatic carboxylic acids is 1. The van der Waals surface area contributed by atoms with Gasteiger partial charge >= 0.3 is 5.97 Å². The van der Waals surface area contributed by atoms with Gasteiger partial charge in [-0.05, 0) is 109 Å². The molecule has 0 saturated carbocycles. The van der Waals surface area contributed by atoms with Crippen LogP contribution in [0.2, 0.25) is 10.0 Å². The number of sulfone groups is 1. The Balaban J connectivity index is 0.000000202. The van der Waals surface area contributed by atoms with Gasteiger partial charge in [-0.25, -0.2) is 23.2 Å². The van der Waals surface area contributed by atoms with Crippen LogP contribution in [0.15, 0.2) is 84.9 Å². The van der Waals surface area contributed by atoms with Crippen LogP contribution in [0.1, 0.15) is 33.4 Å². The first-order chi connectivity index (χ1) is 40.6. The number of rotatable bonds is 26. The first kappa shape index (κ1) is 61.8. The van der Waals surface area contributed by atoms with Gasteiger partial charge in [-0.15, -0.1) is 0 Å². The fourth-order valence-electron chi connectivity index (χ4n) is 10.5. The maximum Gasteiger partial charge on any atom is 0.329 e. The van der Waals surface area contributed by atoms with Crippen molar-refractivity contribution in [3.05, 3.63) is 128 Å². The molecule has 2 aliphatic carbocycles. The predicted octanol–water partition coefficient (Wildman–Crippen LogP) is 6.12. The van der Waals surface area contributed by atoms with E-state index in [0.29, 0.717) is 49.7 Å². The molecule has 2 fully saturated rings. The minimum absolute atomic E-state index is 0.220. The molecule has 10 rings (SSSR count). The Labute approximate surface area is 500 Å². The van der Waals surface area contributed by atoms with E-state index in [-0.39, 0.29) is 38.3 Å². The molecule has 0 amide bonds. The van der Waals surface area contributed by atoms with Gasteiger partial charge in [0.05, 0.1) is 51.0 Å². The number of aryl methyl sites for hydroxylation is 2. The largest absolute Gasteiger partial charge is 0.489 e. The van der Waals surface area contributed by atoms with Crippen molar-refractivity contribution < 1.29 is 51.5 Å². The van der Waals surface area contributed by atoms with Crippen molar-refractivity contribution in [1.29, 1.82) is 0 Å². The molecule has 24 heteroatoms. The number of ketones is 1. The standard InChI is InChI=1S/C31H38ClN5O6S.C29H34ClN5O5/c1-44(39,40)21-25(38)20-42-17-16-41-15-14-36-10-12-37(13-11-36)30-28-8-4-23-18-26(43-19-22-2-5-24(32)6-3-22)7-9-27(23)29(28)34-31(33)35-30;30-22-4-1-20(2-5-22)18-40-23-6-8-24-21(17-23)3-7-25-27(24)32-29(31)33-28(25)35-11-9-34(10-12-35)13-14-38-15-16-39-19-26(36)37/h2-3,5-7,9,18H,4,8,10-17,19-21H2,1H3,(H2,33,34,35);1-2,4-6,8,17H,3,7,9-16,18-19H2,(H,36,37)(H2,31,32,33). The highest BCUT2D eigenvalue weighted by Crippen LogP contribution is 2.40. The topological polar surface area (TPSA) is 260 Å². The number of ether oxygens (including phenoxy) is 6. The van der Waals surface area contributed by atoms with Crippen LogP contribution in [-0.2, 0) is 77.3 Å². The van der Waals surface area contributed by atoms with Gasteiger partial charge in [-0.2, -0.15) is 9.97 Å². The molecule has 5 N–H and O–H groups in total. The Bertz CT molecular complexity index is 3310. The average Bonchev–Trinajstić information content (AvgIpc) is 1.82. The number of piperazine rings is 2. The third-order valence-corrected chi connectivity index (χ3v) is 16.0. The number of carboxylic acid groups (broad SMARTS) is 1. The Hall–Kier alpha value is -6.73. The van der Waals surface area contributed by atoms with E-state index in [1.807, 2.05) is 60.7 Å². The lowest BCUT2D eigenvalue weighted by Crippen LogP contribution is -2.48. The SMILES string of the molecule is CS(=O)(=O)CC(=O)COCCOCCN1CCN(c2nc(N)nc3c2CCc2cc(OCc4ccc(Cl)cc4)ccc2-3)CC1.Nc1nc2c(c(N3CCN(CCOCCOCC(=O)O)CC3)n1)CCc1cc(OCc3ccc(Cl)cc3)ccc1-2. The summed E-state index contributed by atoms with van der Waals surface area (Å²) in [7, 11) is -3.33. The zero-order valence-corrected chi connectivity index (χ0v) is 49.5. The second-order valence-electron chi connectivity index (χ2n) is 20.9. The molecule has 4 aromatic carbocycles. The predicted molar refractivity (Wildman–Crippen MR) is 323 cm³/mol. The molecule has 2 saturated heterocycles. The summed E-state index contributed by atoms with van der Waals surface area (Å²) in [5.74, 6) is 2.12. The van der Waals surface area contributed by atoms with Gasteiger partial charge < -0.3 is 54.8 Å². The van der Waals surface area contributed by atoms with Gasteiger partial charge in [-0.1, -0.05) is 47.5 Å². The molecule has 0 atom stereocenters. The number of nitrogen functional groups attached to an aromatic ring is 2. The number of anilines is 4. The average molecular weight is 1210 g/mol. The molecule has 0 bridgehead atoms. The number of aromatic nitrogens is 4. The van der Waals surface area contributed by atoms with Crippen LogP contribution in [0, 0.1) is 0 Å². The van der Waals surface area contributed by atoms with Gasteiger partial charge in [-0.3, -0.25) is 14.6 Å². The fourth-order valence-corrected chi connectivity index (χ4v) is 11.4. The van der Waals surface area contributed by atoms with Crippen molar-refractivity contribution in [2.24, 2.45) is 0 Å². The summed E-state index contributed by atoms with van der Waals surface area (Å²) < 4.78 is 55.8. The number of carbonyl (C=O) groups excluding carboxylic acids is 1. The summed E-state index contributed by atoms with van der Waals surface area (Å²) in [6.07, 6.45) is 4.45. The van der Waals surface area contributed by atoms with Crippen LogP contribution >= 0.6 is 23.2 Å². The normalized spacial score (nSPS) is 15.0. The van der Waals surface area contributed by atoms with Crippen molar-refractivity contribution in [2.75, 3.05) is 152 Å². The van der Waals surface area contributed by atoms with Crippen LogP contribution in [-0.4, -0.2) is 185 Å². The van der Waals surface area contributed by atoms with Crippen molar-refractivity contribution >= 4 is 68.3 Å². The van der Waals surface area contributed by atoms with E-state index in [2.05, 4.69) is 63.8 Å². The Morgan fingerprint density at radius 2 is 0.964 bits per heavy atom. The third kappa shape index (κ3) is 17.9. The fraction of sp³-hybridized carbons (Fsp3) is 0.433. The van der Waals surface area contributed by atoms with Crippen LogP contribution < -0.4 is 30.7 Å². The second kappa shape index (κ2) is 29.9. The zero-order valence-electron chi connectivity index (χ0n) is 47.2. The summed E-state index contributed by atoms with van der Waals surface area (Å²) in [5, 5.41) is 10.00. The maximum absolute atomic E-state index is 11.5. The number of nitrogens with zero attached hydrogens (tertiary/aromatic N) is 8. The summed E-state index contributed by atoms with van der Waals surface area (Å²) in [5.41, 5.74) is 23.2. The summed E-state index contributed by atoms with van der Waals surface area (Å²) in [6.45, 7) is 11.2. The Morgan fingerprint density at radius 3 is 1.38 bits per heavy atom. The molecular formula is C60H72Cl2N10O11S. The summed E-state index contributed by atoms with van der Waals surface area (Å²) >= 11 is 12.0. The molecule has 4 heterocycles. The Kier molecular flexibility index (Phi) is 22.0. The van der Waals surface area contributed by atoms with E-state index in [0.717, 1.165) is 165 Å². The van der Waals surface area contributed by atoms with E-state index < -0.39 is 27.3 Å². The molecule has 2 aromatic heterocycles. The van der Waals surface area contributed by atoms with E-state index >= 15 is 0 Å². The highest BCUT2D eigenvalue weighted by molar-refractivity contribution is 7.91. The van der Waals surface area contributed by atoms with Gasteiger partial charge in [0.2, 0.25) is 11.9 Å². The minimum Gasteiger partial charge on any atom is -0.489 e. The van der Waals surface area contributed by atoms with Crippen molar-refractivity contribution in [3.8, 4) is 34.0 Å². The third-order valence-electron chi connectivity index (χ3n) is 14.7. The quantitative estimate of drug-likeness (QED) is 0.0517. The molecule has 6 aromatic rings. The lowest BCUT2D eigenvalue weighted by Gasteiger charge is -2.37. The van der Waals surface area contributed by atoms with Crippen molar-refractivity contribution in [1.82, 2.24) is 29.7 Å². The van der Waals surface area contributed by atoms with Crippen LogP contribution in [0.4, 0.5) is 23.5 Å². The molecule has 2 aliphatic heterocycles. The number of benzene rings is 4. The number of hydrogen-bond acceptors (Lipinski definition) is 20. The van der Waals surface area contributed by atoms with E-state index in [1.165, 1.54) is 11.1 Å². The number of Topliss-reactive ketones (excluding diaryl/α,β-unsaturated/α-hetero) is 1. The van der Waals surface area contributed by atoms with E-state index in [1.54, 1.807) is 0 Å². The maximum atomic E-state index is 11.5. The first-order valence-corrected chi connectivity index (χ1v) is 30.9. The number of nitrogens with two attached hydrogens (primary N) is 2. The van der Waals surface area contributed by atoms with E-state index in [9.17, 15) is 18.0 Å². The molecular weight excluding hydrogens is 1140 g/mol. The smallest absolute Gasteiger partial charge is 0.329 e. The molecule has 21 nitrogen and oxygen atoms in total. The number of carbonyl (C=O) groups is 2. The minimum atomic E-state index is -3.33. The number of carboxylic acids is 1. The Morgan fingerprint density at radius 1 is 0.548 bits per heavy atom. The van der Waals surface area contributed by atoms with Gasteiger partial charge in [0.1, 0.15) is 55.3 Å². The highest BCUT2D eigenvalue weighted by atomic mass is 35.5. The number of hydrogen-bond donors (Lipinski definition) is 3. The summed E-state index contributed by atoms with van der Waals surface area (Å²) in [4.78, 5) is 50.0. The van der Waals surface area contributed by atoms with Gasteiger partial charge in [0, 0.05) is 104 Å². The van der Waals surface area contributed by atoms with Crippen LogP contribution in [0.5, 0.6) is 11.5 Å². The summed E-state index contributed by atoms with van der Waals surface area (Å²) in [6, 6.07) is 27.6. The molecule has 448 valence electrons. The van der Waals surface area contributed by atoms with Crippen molar-refractivity contribution in [2.45, 2.75) is 38.9 Å². The van der Waals surface area contributed by atoms with Crippen molar-refractivity contribution in [3.63, 3.8) is 0 Å². The van der Waals surface area contributed by atoms with Gasteiger partial charge in [0.25, 0.3) is 0 Å². The highest BCUT2D eigenvalue weighted by Gasteiger charge is 2.29. The van der Waals surface area contributed by atoms with Gasteiger partial charge in [0.15, 0.2) is 15.6 Å². The molecule has 0 radical (unpaired) electrons. The van der Waals surface area contributed by atoms with Crippen LogP contribution in [0.25, 0.3) is 22.5 Å². The first-order valence-electron chi connectivity index (χ1n) is 28.1. The molecule has 4 aliphatic rings. The molecule has 84 heavy (non-hydrogen) atoms. The lowest BCUT2D eigenvalue weighted by atomic mass is 9.88. The monoisotopic (exact) mass is 1210 g/mol. The lowest BCUT2D eigenvalue weighted by molar-refractivity contribution is -0.142. The van der Waals surface area contributed by atoms with Crippen LogP contribution in [0.3, 0.4) is 0 Å². The number of fused-ring (bicyclic) bond motifs is 6.